The van der Waals surface area contributed by atoms with Gasteiger partial charge in [-0.25, -0.2) is 4.79 Å². The number of amides is 1. The number of benzene rings is 1. The van der Waals surface area contributed by atoms with Crippen LogP contribution in [0.2, 0.25) is 0 Å². The second-order valence-electron chi connectivity index (χ2n) is 6.00. The molecule has 0 saturated carbocycles. The molecule has 1 aromatic carbocycles. The number of piperidine rings is 1. The molecule has 1 amide bonds. The molecule has 1 aliphatic heterocycles. The summed E-state index contributed by atoms with van der Waals surface area (Å²) < 4.78 is 0. The predicted octanol–water partition coefficient (Wildman–Crippen LogP) is 3.60. The molecule has 1 saturated heterocycles. The van der Waals surface area contributed by atoms with Gasteiger partial charge >= 0.3 is 6.09 Å². The second kappa shape index (κ2) is 5.65. The SMILES string of the molecule is CC(/N=C1/CCN(C(=O)O)CC1(C)C)c1ccccc1. The summed E-state index contributed by atoms with van der Waals surface area (Å²) in [6.07, 6.45) is -0.121. The van der Waals surface area contributed by atoms with Gasteiger partial charge in [0.05, 0.1) is 6.04 Å². The first-order valence-corrected chi connectivity index (χ1v) is 7.00. The van der Waals surface area contributed by atoms with Gasteiger partial charge in [-0.2, -0.15) is 0 Å². The van der Waals surface area contributed by atoms with Gasteiger partial charge in [0.2, 0.25) is 0 Å². The Morgan fingerprint density at radius 3 is 2.55 bits per heavy atom. The van der Waals surface area contributed by atoms with E-state index in [1.54, 1.807) is 0 Å². The van der Waals surface area contributed by atoms with Crippen LogP contribution in [0.3, 0.4) is 0 Å². The molecule has 4 nitrogen and oxygen atoms in total. The minimum atomic E-state index is -0.840. The molecule has 0 bridgehead atoms. The Hall–Kier alpha value is -1.84. The van der Waals surface area contributed by atoms with E-state index >= 15 is 0 Å². The van der Waals surface area contributed by atoms with Crippen LogP contribution in [0.1, 0.15) is 38.8 Å². The van der Waals surface area contributed by atoms with Crippen molar-refractivity contribution in [2.24, 2.45) is 10.4 Å². The second-order valence-corrected chi connectivity index (χ2v) is 6.00. The standard InChI is InChI=1S/C16H22N2O2/c1-12(13-7-5-4-6-8-13)17-14-9-10-18(15(19)20)11-16(14,2)3/h4-8,12H,9-11H2,1-3H3,(H,19,20)/b17-14-. The molecular formula is C16H22N2O2. The van der Waals surface area contributed by atoms with E-state index in [0.717, 1.165) is 12.1 Å². The number of aliphatic imine (C=N–C) groups is 1. The first-order valence-electron chi connectivity index (χ1n) is 7.00. The van der Waals surface area contributed by atoms with Crippen molar-refractivity contribution in [3.8, 4) is 0 Å². The van der Waals surface area contributed by atoms with E-state index in [0.29, 0.717) is 13.1 Å². The number of hydrogen-bond acceptors (Lipinski definition) is 2. The Kier molecular flexibility index (Phi) is 4.12. The summed E-state index contributed by atoms with van der Waals surface area (Å²) in [6, 6.07) is 10.3. The van der Waals surface area contributed by atoms with Crippen LogP contribution in [0.4, 0.5) is 4.79 Å². The van der Waals surface area contributed by atoms with Crippen LogP contribution in [-0.2, 0) is 0 Å². The maximum atomic E-state index is 11.1. The summed E-state index contributed by atoms with van der Waals surface area (Å²) in [7, 11) is 0. The molecule has 4 heteroatoms. The van der Waals surface area contributed by atoms with Crippen molar-refractivity contribution in [1.29, 1.82) is 0 Å². The van der Waals surface area contributed by atoms with Crippen LogP contribution < -0.4 is 0 Å². The van der Waals surface area contributed by atoms with E-state index < -0.39 is 6.09 Å². The zero-order valence-electron chi connectivity index (χ0n) is 12.3. The smallest absolute Gasteiger partial charge is 0.407 e. The Morgan fingerprint density at radius 2 is 2.00 bits per heavy atom. The lowest BCUT2D eigenvalue weighted by Gasteiger charge is -2.38. The van der Waals surface area contributed by atoms with Crippen molar-refractivity contribution in [3.05, 3.63) is 35.9 Å². The topological polar surface area (TPSA) is 52.9 Å². The molecule has 0 aliphatic carbocycles. The highest BCUT2D eigenvalue weighted by Crippen LogP contribution is 2.29. The molecule has 0 radical (unpaired) electrons. The summed E-state index contributed by atoms with van der Waals surface area (Å²) in [5, 5.41) is 9.10. The fourth-order valence-electron chi connectivity index (χ4n) is 2.67. The van der Waals surface area contributed by atoms with Crippen LogP contribution in [0.25, 0.3) is 0 Å². The van der Waals surface area contributed by atoms with Gasteiger partial charge in [-0.15, -0.1) is 0 Å². The molecular weight excluding hydrogens is 252 g/mol. The minimum Gasteiger partial charge on any atom is -0.465 e. The van der Waals surface area contributed by atoms with Crippen molar-refractivity contribution in [1.82, 2.24) is 4.90 Å². The van der Waals surface area contributed by atoms with Crippen molar-refractivity contribution in [2.45, 2.75) is 33.2 Å². The quantitative estimate of drug-likeness (QED) is 0.895. The van der Waals surface area contributed by atoms with E-state index in [9.17, 15) is 4.79 Å². The highest BCUT2D eigenvalue weighted by Gasteiger charge is 2.34. The summed E-state index contributed by atoms with van der Waals surface area (Å²) in [6.45, 7) is 7.28. The number of likely N-dealkylation sites (tertiary alicyclic amines) is 1. The van der Waals surface area contributed by atoms with Gasteiger partial charge in [-0.05, 0) is 12.5 Å². The number of carboxylic acid groups (broad SMARTS) is 1. The zero-order valence-corrected chi connectivity index (χ0v) is 12.3. The molecule has 0 spiro atoms. The van der Waals surface area contributed by atoms with Gasteiger partial charge < -0.3 is 10.0 Å². The first-order chi connectivity index (χ1) is 9.40. The van der Waals surface area contributed by atoms with Crippen molar-refractivity contribution in [3.63, 3.8) is 0 Å². The van der Waals surface area contributed by atoms with E-state index in [-0.39, 0.29) is 11.5 Å². The van der Waals surface area contributed by atoms with Gasteiger partial charge in [0.1, 0.15) is 0 Å². The normalized spacial score (nSPS) is 21.8. The maximum absolute atomic E-state index is 11.1. The molecule has 1 atom stereocenters. The molecule has 1 unspecified atom stereocenters. The molecule has 108 valence electrons. The molecule has 1 aliphatic rings. The Labute approximate surface area is 120 Å². The summed E-state index contributed by atoms with van der Waals surface area (Å²) >= 11 is 0. The van der Waals surface area contributed by atoms with Crippen molar-refractivity contribution >= 4 is 11.8 Å². The average molecular weight is 274 g/mol. The molecule has 0 aromatic heterocycles. The Morgan fingerprint density at radius 1 is 1.35 bits per heavy atom. The maximum Gasteiger partial charge on any atom is 0.407 e. The molecule has 1 fully saturated rings. The van der Waals surface area contributed by atoms with Crippen LogP contribution in [0.15, 0.2) is 35.3 Å². The van der Waals surface area contributed by atoms with Crippen LogP contribution in [-0.4, -0.2) is 34.9 Å². The van der Waals surface area contributed by atoms with Crippen LogP contribution in [0.5, 0.6) is 0 Å². The Bertz CT molecular complexity index is 508. The molecule has 1 N–H and O–H groups in total. The van der Waals surface area contributed by atoms with Gasteiger partial charge in [-0.1, -0.05) is 44.2 Å². The van der Waals surface area contributed by atoms with Crippen molar-refractivity contribution < 1.29 is 9.90 Å². The largest absolute Gasteiger partial charge is 0.465 e. The fraction of sp³-hybridized carbons (Fsp3) is 0.500. The lowest BCUT2D eigenvalue weighted by molar-refractivity contribution is 0.128. The van der Waals surface area contributed by atoms with Gasteiger partial charge in [0.25, 0.3) is 0 Å². The molecule has 1 heterocycles. The summed E-state index contributed by atoms with van der Waals surface area (Å²) in [5.74, 6) is 0. The lowest BCUT2D eigenvalue weighted by atomic mass is 9.81. The van der Waals surface area contributed by atoms with Crippen LogP contribution in [0, 0.1) is 5.41 Å². The monoisotopic (exact) mass is 274 g/mol. The number of rotatable bonds is 2. The summed E-state index contributed by atoms with van der Waals surface area (Å²) in [5.41, 5.74) is 2.11. The Balaban J connectivity index is 2.16. The number of nitrogens with zero attached hydrogens (tertiary/aromatic N) is 2. The van der Waals surface area contributed by atoms with E-state index in [4.69, 9.17) is 10.1 Å². The van der Waals surface area contributed by atoms with Gasteiger partial charge in [0.15, 0.2) is 0 Å². The van der Waals surface area contributed by atoms with Gasteiger partial charge in [-0.3, -0.25) is 4.99 Å². The van der Waals surface area contributed by atoms with E-state index in [2.05, 4.69) is 32.9 Å². The third-order valence-electron chi connectivity index (χ3n) is 3.89. The highest BCUT2D eigenvalue weighted by molar-refractivity contribution is 5.91. The molecule has 20 heavy (non-hydrogen) atoms. The molecule has 1 aromatic rings. The highest BCUT2D eigenvalue weighted by atomic mass is 16.4. The number of hydrogen-bond donors (Lipinski definition) is 1. The van der Waals surface area contributed by atoms with Gasteiger partial charge in [0, 0.05) is 30.6 Å². The summed E-state index contributed by atoms with van der Waals surface area (Å²) in [4.78, 5) is 17.4. The first kappa shape index (κ1) is 14.6. The van der Waals surface area contributed by atoms with E-state index in [1.165, 1.54) is 10.5 Å². The average Bonchev–Trinajstić information content (AvgIpc) is 2.41. The van der Waals surface area contributed by atoms with Crippen molar-refractivity contribution in [2.75, 3.05) is 13.1 Å². The third kappa shape index (κ3) is 3.18. The third-order valence-corrected chi connectivity index (χ3v) is 3.89. The minimum absolute atomic E-state index is 0.113. The zero-order chi connectivity index (χ0) is 14.8. The molecule has 2 rings (SSSR count). The number of carbonyl (C=O) groups is 1. The lowest BCUT2D eigenvalue weighted by Crippen LogP contribution is -2.48. The predicted molar refractivity (Wildman–Crippen MR) is 80.3 cm³/mol. The van der Waals surface area contributed by atoms with Crippen LogP contribution >= 0.6 is 0 Å². The fourth-order valence-corrected chi connectivity index (χ4v) is 2.67. The van der Waals surface area contributed by atoms with E-state index in [1.807, 2.05) is 18.2 Å².